The van der Waals surface area contributed by atoms with Crippen molar-refractivity contribution in [3.8, 4) is 11.5 Å². The molecule has 0 radical (unpaired) electrons. The monoisotopic (exact) mass is 330 g/mol. The summed E-state index contributed by atoms with van der Waals surface area (Å²) in [7, 11) is -2.17. The molecule has 122 valence electrons. The molecule has 1 heterocycles. The maximum Gasteiger partial charge on any atom is 0.406 e. The highest BCUT2D eigenvalue weighted by Gasteiger charge is 2.19. The SMILES string of the molecule is COC(=O)NCCN(Cc1ccc2c(c1)OCO2)S(C)(=O)=O. The Morgan fingerprint density at radius 2 is 2.09 bits per heavy atom. The minimum Gasteiger partial charge on any atom is -0.454 e. The van der Waals surface area contributed by atoms with E-state index in [0.717, 1.165) is 11.8 Å². The van der Waals surface area contributed by atoms with Gasteiger partial charge in [0, 0.05) is 19.6 Å². The summed E-state index contributed by atoms with van der Waals surface area (Å²) in [6.07, 6.45) is 0.523. The maximum absolute atomic E-state index is 11.8. The van der Waals surface area contributed by atoms with Crippen molar-refractivity contribution >= 4 is 16.1 Å². The average molecular weight is 330 g/mol. The van der Waals surface area contributed by atoms with E-state index in [2.05, 4.69) is 10.1 Å². The van der Waals surface area contributed by atoms with Crippen molar-refractivity contribution in [1.29, 1.82) is 0 Å². The van der Waals surface area contributed by atoms with E-state index in [1.807, 2.05) is 0 Å². The van der Waals surface area contributed by atoms with Crippen LogP contribution < -0.4 is 14.8 Å². The summed E-state index contributed by atoms with van der Waals surface area (Å²) in [5.41, 5.74) is 0.771. The van der Waals surface area contributed by atoms with Crippen LogP contribution in [0.2, 0.25) is 0 Å². The topological polar surface area (TPSA) is 94.2 Å². The lowest BCUT2D eigenvalue weighted by Crippen LogP contribution is -2.37. The number of alkyl carbamates (subject to hydrolysis) is 1. The van der Waals surface area contributed by atoms with Crippen molar-refractivity contribution in [2.24, 2.45) is 0 Å². The zero-order valence-electron chi connectivity index (χ0n) is 12.4. The number of nitrogens with zero attached hydrogens (tertiary/aromatic N) is 1. The molecule has 0 unspecified atom stereocenters. The molecular formula is C13H18N2O6S. The fourth-order valence-electron chi connectivity index (χ4n) is 1.96. The summed E-state index contributed by atoms with van der Waals surface area (Å²) in [4.78, 5) is 11.0. The van der Waals surface area contributed by atoms with Gasteiger partial charge in [0.1, 0.15) is 0 Å². The van der Waals surface area contributed by atoms with Crippen LogP contribution in [0.15, 0.2) is 18.2 Å². The van der Waals surface area contributed by atoms with E-state index < -0.39 is 16.1 Å². The lowest BCUT2D eigenvalue weighted by molar-refractivity contribution is 0.170. The Balaban J connectivity index is 2.02. The van der Waals surface area contributed by atoms with Crippen molar-refractivity contribution in [2.45, 2.75) is 6.54 Å². The lowest BCUT2D eigenvalue weighted by atomic mass is 10.2. The highest BCUT2D eigenvalue weighted by Crippen LogP contribution is 2.32. The predicted molar refractivity (Wildman–Crippen MR) is 78.2 cm³/mol. The second-order valence-corrected chi connectivity index (χ2v) is 6.68. The summed E-state index contributed by atoms with van der Waals surface area (Å²) < 4.78 is 39.9. The Morgan fingerprint density at radius 1 is 1.36 bits per heavy atom. The lowest BCUT2D eigenvalue weighted by Gasteiger charge is -2.20. The Morgan fingerprint density at radius 3 is 2.77 bits per heavy atom. The highest BCUT2D eigenvalue weighted by molar-refractivity contribution is 7.88. The van der Waals surface area contributed by atoms with Gasteiger partial charge in [-0.3, -0.25) is 0 Å². The second-order valence-electron chi connectivity index (χ2n) is 4.70. The molecule has 8 nitrogen and oxygen atoms in total. The van der Waals surface area contributed by atoms with Crippen molar-refractivity contribution in [1.82, 2.24) is 9.62 Å². The molecule has 1 aromatic rings. The third-order valence-corrected chi connectivity index (χ3v) is 4.33. The van der Waals surface area contributed by atoms with E-state index in [9.17, 15) is 13.2 Å². The molecule has 2 rings (SSSR count). The van der Waals surface area contributed by atoms with Gasteiger partial charge in [0.2, 0.25) is 16.8 Å². The molecule has 1 N–H and O–H groups in total. The molecule has 0 saturated heterocycles. The van der Waals surface area contributed by atoms with Crippen molar-refractivity contribution in [3.63, 3.8) is 0 Å². The first kappa shape index (κ1) is 16.4. The molecule has 0 saturated carbocycles. The number of carbonyl (C=O) groups is 1. The van der Waals surface area contributed by atoms with Crippen molar-refractivity contribution in [3.05, 3.63) is 23.8 Å². The summed E-state index contributed by atoms with van der Waals surface area (Å²) in [6.45, 7) is 0.641. The van der Waals surface area contributed by atoms with Crippen molar-refractivity contribution < 1.29 is 27.4 Å². The van der Waals surface area contributed by atoms with E-state index >= 15 is 0 Å². The number of carbonyl (C=O) groups excluding carboxylic acids is 1. The largest absolute Gasteiger partial charge is 0.454 e. The summed E-state index contributed by atoms with van der Waals surface area (Å²) in [5, 5.41) is 2.45. The van der Waals surface area contributed by atoms with Crippen molar-refractivity contribution in [2.75, 3.05) is 33.2 Å². The van der Waals surface area contributed by atoms with Crippen LogP contribution in [0, 0.1) is 0 Å². The summed E-state index contributed by atoms with van der Waals surface area (Å²) in [5.74, 6) is 1.24. The number of nitrogens with one attached hydrogen (secondary N) is 1. The average Bonchev–Trinajstić information content (AvgIpc) is 2.92. The van der Waals surface area contributed by atoms with E-state index in [1.165, 1.54) is 11.4 Å². The molecule has 0 fully saturated rings. The first-order chi connectivity index (χ1) is 10.4. The number of benzene rings is 1. The number of ether oxygens (including phenoxy) is 3. The predicted octanol–water partition coefficient (Wildman–Crippen LogP) is 0.533. The molecular weight excluding hydrogens is 312 g/mol. The number of methoxy groups -OCH3 is 1. The van der Waals surface area contributed by atoms with Crippen LogP contribution in [0.4, 0.5) is 4.79 Å². The normalized spacial score (nSPS) is 13.2. The highest BCUT2D eigenvalue weighted by atomic mass is 32.2. The zero-order chi connectivity index (χ0) is 16.2. The van der Waals surface area contributed by atoms with Gasteiger partial charge in [0.25, 0.3) is 0 Å². The first-order valence-electron chi connectivity index (χ1n) is 6.55. The quantitative estimate of drug-likeness (QED) is 0.818. The minimum atomic E-state index is -3.41. The molecule has 1 aromatic carbocycles. The first-order valence-corrected chi connectivity index (χ1v) is 8.40. The molecule has 0 aromatic heterocycles. The fourth-order valence-corrected chi connectivity index (χ4v) is 2.77. The van der Waals surface area contributed by atoms with Gasteiger partial charge in [0.15, 0.2) is 11.5 Å². The molecule has 0 bridgehead atoms. The van der Waals surface area contributed by atoms with Gasteiger partial charge in [0.05, 0.1) is 13.4 Å². The van der Waals surface area contributed by atoms with E-state index in [0.29, 0.717) is 11.5 Å². The van der Waals surface area contributed by atoms with Gasteiger partial charge in [-0.2, -0.15) is 4.31 Å². The smallest absolute Gasteiger partial charge is 0.406 e. The molecule has 0 atom stereocenters. The second kappa shape index (κ2) is 6.84. The van der Waals surface area contributed by atoms with Gasteiger partial charge in [-0.25, -0.2) is 13.2 Å². The van der Waals surface area contributed by atoms with E-state index in [1.54, 1.807) is 18.2 Å². The molecule has 1 amide bonds. The molecule has 0 spiro atoms. The Labute approximate surface area is 129 Å². The van der Waals surface area contributed by atoms with Crippen LogP contribution in [0.3, 0.4) is 0 Å². The maximum atomic E-state index is 11.8. The van der Waals surface area contributed by atoms with E-state index in [4.69, 9.17) is 9.47 Å². The Bertz CT molecular complexity index is 646. The Kier molecular flexibility index (Phi) is 5.09. The van der Waals surface area contributed by atoms with E-state index in [-0.39, 0.29) is 26.4 Å². The molecule has 22 heavy (non-hydrogen) atoms. The van der Waals surface area contributed by atoms with Gasteiger partial charge in [-0.1, -0.05) is 6.07 Å². The summed E-state index contributed by atoms with van der Waals surface area (Å²) >= 11 is 0. The number of rotatable bonds is 6. The third kappa shape index (κ3) is 4.25. The van der Waals surface area contributed by atoms with Gasteiger partial charge >= 0.3 is 6.09 Å². The number of hydrogen-bond donors (Lipinski definition) is 1. The minimum absolute atomic E-state index is 0.141. The number of fused-ring (bicyclic) bond motifs is 1. The van der Waals surface area contributed by atoms with Crippen LogP contribution in [0.1, 0.15) is 5.56 Å². The van der Waals surface area contributed by atoms with Crippen LogP contribution in [0.25, 0.3) is 0 Å². The number of hydrogen-bond acceptors (Lipinski definition) is 6. The standard InChI is InChI=1S/C13H18N2O6S/c1-19-13(16)14-5-6-15(22(2,17)18)8-10-3-4-11-12(7-10)21-9-20-11/h3-4,7H,5-6,8-9H2,1-2H3,(H,14,16). The van der Waals surface area contributed by atoms with Gasteiger partial charge in [-0.15, -0.1) is 0 Å². The summed E-state index contributed by atoms with van der Waals surface area (Å²) in [6, 6.07) is 5.26. The fraction of sp³-hybridized carbons (Fsp3) is 0.462. The van der Waals surface area contributed by atoms with Crippen LogP contribution in [0.5, 0.6) is 11.5 Å². The number of amides is 1. The van der Waals surface area contributed by atoms with Crippen LogP contribution in [-0.2, 0) is 21.3 Å². The van der Waals surface area contributed by atoms with Crippen LogP contribution in [-0.4, -0.2) is 52.1 Å². The molecule has 9 heteroatoms. The molecule has 0 aliphatic carbocycles. The third-order valence-electron chi connectivity index (χ3n) is 3.08. The van der Waals surface area contributed by atoms with Gasteiger partial charge < -0.3 is 19.5 Å². The van der Waals surface area contributed by atoms with Crippen LogP contribution >= 0.6 is 0 Å². The molecule has 1 aliphatic heterocycles. The Hall–Kier alpha value is -2.00. The number of sulfonamides is 1. The molecule has 1 aliphatic rings. The zero-order valence-corrected chi connectivity index (χ0v) is 13.2. The van der Waals surface area contributed by atoms with Gasteiger partial charge in [-0.05, 0) is 17.7 Å².